The number of anilines is 1. The van der Waals surface area contributed by atoms with Crippen LogP contribution in [0.25, 0.3) is 10.1 Å². The van der Waals surface area contributed by atoms with Crippen LogP contribution in [0.1, 0.15) is 5.56 Å². The molecule has 0 spiro atoms. The Kier molecular flexibility index (Phi) is 3.67. The molecule has 0 aliphatic rings. The summed E-state index contributed by atoms with van der Waals surface area (Å²) in [5, 5.41) is 3.10. The molecule has 108 valence electrons. The average molecular weight is 319 g/mol. The highest BCUT2D eigenvalue weighted by Crippen LogP contribution is 2.24. The Labute approximate surface area is 127 Å². The molecule has 2 aromatic carbocycles. The topological polar surface area (TPSA) is 55.4 Å². The predicted molar refractivity (Wildman–Crippen MR) is 84.9 cm³/mol. The molecule has 0 saturated carbocycles. The highest BCUT2D eigenvalue weighted by molar-refractivity contribution is 7.86. The normalized spacial score (nSPS) is 11.7. The average Bonchev–Trinajstić information content (AvgIpc) is 2.93. The first-order chi connectivity index (χ1) is 10.0. The van der Waals surface area contributed by atoms with Crippen LogP contribution in [0.15, 0.2) is 58.8 Å². The lowest BCUT2D eigenvalue weighted by atomic mass is 10.2. The van der Waals surface area contributed by atoms with Crippen molar-refractivity contribution in [3.63, 3.8) is 0 Å². The molecule has 0 radical (unpaired) electrons. The fraction of sp³-hybridized carbons (Fsp3) is 0.0667. The highest BCUT2D eigenvalue weighted by atomic mass is 32.2. The Balaban J connectivity index is 1.78. The summed E-state index contributed by atoms with van der Waals surface area (Å²) in [4.78, 5) is 0.123. The van der Waals surface area contributed by atoms with Gasteiger partial charge < -0.3 is 0 Å². The number of hydrogen-bond donors (Lipinski definition) is 1. The van der Waals surface area contributed by atoms with Crippen LogP contribution in [-0.4, -0.2) is 8.42 Å². The lowest BCUT2D eigenvalue weighted by molar-refractivity contribution is 0.391. The highest BCUT2D eigenvalue weighted by Gasteiger charge is 2.15. The molecule has 0 fully saturated rings. The molecular formula is C15H13NO3S2. The molecule has 0 aliphatic heterocycles. The van der Waals surface area contributed by atoms with Gasteiger partial charge in [-0.25, -0.2) is 5.48 Å². The zero-order valence-electron chi connectivity index (χ0n) is 11.2. The van der Waals surface area contributed by atoms with Crippen molar-refractivity contribution >= 4 is 37.2 Å². The van der Waals surface area contributed by atoms with E-state index in [0.29, 0.717) is 5.69 Å². The molecule has 1 heterocycles. The van der Waals surface area contributed by atoms with Gasteiger partial charge in [-0.3, -0.25) is 0 Å². The minimum absolute atomic E-state index is 0.123. The minimum atomic E-state index is -3.82. The van der Waals surface area contributed by atoms with E-state index >= 15 is 0 Å². The molecule has 0 atom stereocenters. The molecule has 21 heavy (non-hydrogen) atoms. The van der Waals surface area contributed by atoms with E-state index in [1.807, 2.05) is 30.5 Å². The van der Waals surface area contributed by atoms with E-state index in [4.69, 9.17) is 4.28 Å². The van der Waals surface area contributed by atoms with E-state index in [-0.39, 0.29) is 4.90 Å². The van der Waals surface area contributed by atoms with Crippen molar-refractivity contribution in [1.29, 1.82) is 0 Å². The van der Waals surface area contributed by atoms with Gasteiger partial charge in [0.1, 0.15) is 0 Å². The van der Waals surface area contributed by atoms with Gasteiger partial charge in [0.25, 0.3) is 0 Å². The lowest BCUT2D eigenvalue weighted by Crippen LogP contribution is -2.11. The number of benzene rings is 2. The quantitative estimate of drug-likeness (QED) is 0.740. The molecule has 1 aromatic heterocycles. The SMILES string of the molecule is Cc1ccc(S(=O)(=O)ONc2ccc3ccsc3c2)cc1. The molecule has 0 saturated heterocycles. The van der Waals surface area contributed by atoms with Crippen LogP contribution in [0.5, 0.6) is 0 Å². The first kappa shape index (κ1) is 14.1. The van der Waals surface area contributed by atoms with Crippen molar-refractivity contribution in [2.75, 3.05) is 5.48 Å². The lowest BCUT2D eigenvalue weighted by Gasteiger charge is -2.07. The van der Waals surface area contributed by atoms with Crippen LogP contribution < -0.4 is 5.48 Å². The number of rotatable bonds is 4. The van der Waals surface area contributed by atoms with Gasteiger partial charge in [-0.15, -0.1) is 15.6 Å². The number of thiophene rings is 1. The Bertz CT molecular complexity index is 867. The maximum absolute atomic E-state index is 12.0. The van der Waals surface area contributed by atoms with Crippen LogP contribution in [0.3, 0.4) is 0 Å². The summed E-state index contributed by atoms with van der Waals surface area (Å²) in [6.07, 6.45) is 0. The van der Waals surface area contributed by atoms with E-state index < -0.39 is 10.1 Å². The Morgan fingerprint density at radius 2 is 1.81 bits per heavy atom. The zero-order valence-corrected chi connectivity index (χ0v) is 12.9. The molecule has 1 N–H and O–H groups in total. The maximum atomic E-state index is 12.0. The van der Waals surface area contributed by atoms with Gasteiger partial charge in [0.05, 0.1) is 10.6 Å². The Hall–Kier alpha value is -1.89. The van der Waals surface area contributed by atoms with Crippen molar-refractivity contribution in [2.24, 2.45) is 0 Å². The summed E-state index contributed by atoms with van der Waals surface area (Å²) in [7, 11) is -3.82. The summed E-state index contributed by atoms with van der Waals surface area (Å²) in [6.45, 7) is 1.89. The van der Waals surface area contributed by atoms with Gasteiger partial charge in [0.2, 0.25) is 0 Å². The Morgan fingerprint density at radius 3 is 2.57 bits per heavy atom. The van der Waals surface area contributed by atoms with Crippen molar-refractivity contribution < 1.29 is 12.7 Å². The second kappa shape index (κ2) is 5.48. The number of aryl methyl sites for hydroxylation is 1. The van der Waals surface area contributed by atoms with E-state index in [0.717, 1.165) is 15.6 Å². The van der Waals surface area contributed by atoms with Crippen LogP contribution in [0, 0.1) is 6.92 Å². The summed E-state index contributed by atoms with van der Waals surface area (Å²) >= 11 is 1.59. The van der Waals surface area contributed by atoms with Crippen LogP contribution in [0.4, 0.5) is 5.69 Å². The van der Waals surface area contributed by atoms with E-state index in [1.165, 1.54) is 12.1 Å². The van der Waals surface area contributed by atoms with E-state index in [9.17, 15) is 8.42 Å². The summed E-state index contributed by atoms with van der Waals surface area (Å²) in [5.41, 5.74) is 4.09. The summed E-state index contributed by atoms with van der Waals surface area (Å²) in [6, 6.07) is 14.1. The fourth-order valence-electron chi connectivity index (χ4n) is 1.87. The molecule has 0 unspecified atom stereocenters. The van der Waals surface area contributed by atoms with Crippen molar-refractivity contribution in [1.82, 2.24) is 0 Å². The molecule has 0 amide bonds. The van der Waals surface area contributed by atoms with Gasteiger partial charge in [-0.1, -0.05) is 23.8 Å². The standard InChI is InChI=1S/C15H13NO3S2/c1-11-2-6-14(7-3-11)21(17,18)19-16-13-5-4-12-8-9-20-15(12)10-13/h2-10,16H,1H3. The predicted octanol–water partition coefficient (Wildman–Crippen LogP) is 3.94. The third-order valence-corrected chi connectivity index (χ3v) is 5.07. The summed E-state index contributed by atoms with van der Waals surface area (Å²) in [5.74, 6) is 0. The molecule has 6 heteroatoms. The second-order valence-corrected chi connectivity index (χ2v) is 7.12. The maximum Gasteiger partial charge on any atom is 0.317 e. The van der Waals surface area contributed by atoms with Gasteiger partial charge in [0.15, 0.2) is 0 Å². The van der Waals surface area contributed by atoms with Gasteiger partial charge >= 0.3 is 10.1 Å². The van der Waals surface area contributed by atoms with Crippen molar-refractivity contribution in [3.8, 4) is 0 Å². The minimum Gasteiger partial charge on any atom is -0.249 e. The van der Waals surface area contributed by atoms with Crippen LogP contribution in [0.2, 0.25) is 0 Å². The zero-order chi connectivity index (χ0) is 14.9. The van der Waals surface area contributed by atoms with Gasteiger partial charge in [-0.2, -0.15) is 8.42 Å². The number of hydrogen-bond acceptors (Lipinski definition) is 5. The smallest absolute Gasteiger partial charge is 0.249 e. The van der Waals surface area contributed by atoms with Gasteiger partial charge in [0, 0.05) is 4.70 Å². The van der Waals surface area contributed by atoms with Crippen LogP contribution >= 0.6 is 11.3 Å². The van der Waals surface area contributed by atoms with E-state index in [2.05, 4.69) is 5.48 Å². The third kappa shape index (κ3) is 3.07. The van der Waals surface area contributed by atoms with Crippen molar-refractivity contribution in [3.05, 3.63) is 59.5 Å². The monoisotopic (exact) mass is 319 g/mol. The fourth-order valence-corrected chi connectivity index (χ4v) is 3.47. The largest absolute Gasteiger partial charge is 0.317 e. The molecular weight excluding hydrogens is 306 g/mol. The van der Waals surface area contributed by atoms with Gasteiger partial charge in [-0.05, 0) is 48.0 Å². The number of nitrogens with one attached hydrogen (secondary N) is 1. The molecule has 0 bridgehead atoms. The number of fused-ring (bicyclic) bond motifs is 1. The second-order valence-electron chi connectivity index (χ2n) is 4.63. The molecule has 0 aliphatic carbocycles. The first-order valence-corrected chi connectivity index (χ1v) is 8.57. The Morgan fingerprint density at radius 1 is 1.05 bits per heavy atom. The molecule has 4 nitrogen and oxygen atoms in total. The first-order valence-electron chi connectivity index (χ1n) is 6.28. The molecule has 3 aromatic rings. The molecule has 3 rings (SSSR count). The van der Waals surface area contributed by atoms with Crippen molar-refractivity contribution in [2.45, 2.75) is 11.8 Å². The van der Waals surface area contributed by atoms with Crippen LogP contribution in [-0.2, 0) is 14.4 Å². The summed E-state index contributed by atoms with van der Waals surface area (Å²) < 4.78 is 30.1. The van der Waals surface area contributed by atoms with E-state index in [1.54, 1.807) is 29.5 Å². The third-order valence-electron chi connectivity index (χ3n) is 3.04.